The summed E-state index contributed by atoms with van der Waals surface area (Å²) in [6, 6.07) is 0.786. The van der Waals surface area contributed by atoms with Crippen molar-refractivity contribution >= 4 is 11.3 Å². The van der Waals surface area contributed by atoms with Gasteiger partial charge < -0.3 is 5.32 Å². The van der Waals surface area contributed by atoms with Gasteiger partial charge in [0.2, 0.25) is 0 Å². The standard InChI is InChI=1S/C14H22N2S/c1-2-12(11-4-5-11)10-13(3-1)15-7-6-14-16-8-9-17-14/h8-9,11-13,15H,1-7,10H2. The molecule has 1 aromatic rings. The molecule has 2 nitrogen and oxygen atoms in total. The summed E-state index contributed by atoms with van der Waals surface area (Å²) in [6.07, 6.45) is 11.8. The van der Waals surface area contributed by atoms with Crippen LogP contribution in [0.1, 0.15) is 43.5 Å². The van der Waals surface area contributed by atoms with E-state index in [1.54, 1.807) is 11.3 Å². The maximum absolute atomic E-state index is 4.33. The van der Waals surface area contributed by atoms with Crippen LogP contribution in [0.3, 0.4) is 0 Å². The first-order valence-corrected chi connectivity index (χ1v) is 7.91. The van der Waals surface area contributed by atoms with E-state index in [9.17, 15) is 0 Å². The Morgan fingerprint density at radius 1 is 1.24 bits per heavy atom. The third-order valence-electron chi connectivity index (χ3n) is 4.26. The molecule has 0 bridgehead atoms. The van der Waals surface area contributed by atoms with Gasteiger partial charge in [-0.05, 0) is 37.5 Å². The molecule has 1 heterocycles. The Labute approximate surface area is 108 Å². The van der Waals surface area contributed by atoms with Gasteiger partial charge in [0.1, 0.15) is 0 Å². The topological polar surface area (TPSA) is 24.9 Å². The fraction of sp³-hybridized carbons (Fsp3) is 0.786. The van der Waals surface area contributed by atoms with Crippen molar-refractivity contribution in [2.24, 2.45) is 11.8 Å². The molecule has 0 aliphatic heterocycles. The molecule has 0 saturated heterocycles. The Balaban J connectivity index is 1.39. The molecule has 0 radical (unpaired) electrons. The number of aromatic nitrogens is 1. The van der Waals surface area contributed by atoms with Crippen molar-refractivity contribution in [3.63, 3.8) is 0 Å². The smallest absolute Gasteiger partial charge is 0.0937 e. The Morgan fingerprint density at radius 3 is 2.94 bits per heavy atom. The predicted molar refractivity (Wildman–Crippen MR) is 72.3 cm³/mol. The van der Waals surface area contributed by atoms with Crippen LogP contribution in [0.25, 0.3) is 0 Å². The van der Waals surface area contributed by atoms with Gasteiger partial charge in [0.25, 0.3) is 0 Å². The summed E-state index contributed by atoms with van der Waals surface area (Å²) in [5.74, 6) is 2.14. The second kappa shape index (κ2) is 5.49. The quantitative estimate of drug-likeness (QED) is 0.868. The first kappa shape index (κ1) is 11.7. The zero-order valence-electron chi connectivity index (χ0n) is 10.4. The summed E-state index contributed by atoms with van der Waals surface area (Å²) in [5, 5.41) is 7.08. The number of thiazole rings is 1. The van der Waals surface area contributed by atoms with Crippen molar-refractivity contribution in [1.82, 2.24) is 10.3 Å². The minimum atomic E-state index is 0.786. The molecule has 94 valence electrons. The predicted octanol–water partition coefficient (Wildman–Crippen LogP) is 3.24. The molecule has 0 spiro atoms. The first-order chi connectivity index (χ1) is 8.42. The number of nitrogens with zero attached hydrogens (tertiary/aromatic N) is 1. The van der Waals surface area contributed by atoms with Crippen molar-refractivity contribution in [3.8, 4) is 0 Å². The van der Waals surface area contributed by atoms with Crippen LogP contribution in [0.5, 0.6) is 0 Å². The van der Waals surface area contributed by atoms with Crippen LogP contribution in [-0.4, -0.2) is 17.6 Å². The van der Waals surface area contributed by atoms with E-state index in [2.05, 4.69) is 15.7 Å². The highest BCUT2D eigenvalue weighted by molar-refractivity contribution is 7.09. The fourth-order valence-corrected chi connectivity index (χ4v) is 3.79. The normalized spacial score (nSPS) is 29.4. The number of hydrogen-bond acceptors (Lipinski definition) is 3. The maximum Gasteiger partial charge on any atom is 0.0937 e. The molecular formula is C14H22N2S. The minimum Gasteiger partial charge on any atom is -0.314 e. The third kappa shape index (κ3) is 3.29. The van der Waals surface area contributed by atoms with Gasteiger partial charge >= 0.3 is 0 Å². The number of rotatable bonds is 5. The van der Waals surface area contributed by atoms with Crippen LogP contribution in [-0.2, 0) is 6.42 Å². The van der Waals surface area contributed by atoms with E-state index < -0.39 is 0 Å². The lowest BCUT2D eigenvalue weighted by Crippen LogP contribution is -2.35. The average Bonchev–Trinajstić information content (AvgIpc) is 3.09. The summed E-state index contributed by atoms with van der Waals surface area (Å²) in [4.78, 5) is 4.33. The van der Waals surface area contributed by atoms with Crippen molar-refractivity contribution in [3.05, 3.63) is 16.6 Å². The molecule has 3 rings (SSSR count). The largest absolute Gasteiger partial charge is 0.314 e. The Hall–Kier alpha value is -0.410. The van der Waals surface area contributed by atoms with E-state index in [0.717, 1.165) is 30.8 Å². The number of hydrogen-bond donors (Lipinski definition) is 1. The van der Waals surface area contributed by atoms with E-state index in [1.165, 1.54) is 43.5 Å². The van der Waals surface area contributed by atoms with Crippen LogP contribution in [0, 0.1) is 11.8 Å². The minimum absolute atomic E-state index is 0.786. The molecular weight excluding hydrogens is 228 g/mol. The Morgan fingerprint density at radius 2 is 2.18 bits per heavy atom. The van der Waals surface area contributed by atoms with E-state index in [0.29, 0.717) is 0 Å². The summed E-state index contributed by atoms with van der Waals surface area (Å²) >= 11 is 1.77. The zero-order valence-corrected chi connectivity index (χ0v) is 11.2. The molecule has 2 aliphatic rings. The summed E-state index contributed by atoms with van der Waals surface area (Å²) in [6.45, 7) is 1.11. The van der Waals surface area contributed by atoms with Crippen molar-refractivity contribution < 1.29 is 0 Å². The second-order valence-corrected chi connectivity index (χ2v) is 6.57. The van der Waals surface area contributed by atoms with E-state index in [1.807, 2.05) is 6.20 Å². The van der Waals surface area contributed by atoms with Gasteiger partial charge in [0.15, 0.2) is 0 Å². The SMILES string of the molecule is c1csc(CCNC2CCCC(C3CC3)C2)n1. The highest BCUT2D eigenvalue weighted by atomic mass is 32.1. The molecule has 1 aromatic heterocycles. The lowest BCUT2D eigenvalue weighted by molar-refractivity contribution is 0.262. The van der Waals surface area contributed by atoms with E-state index in [-0.39, 0.29) is 0 Å². The van der Waals surface area contributed by atoms with Crippen LogP contribution < -0.4 is 5.32 Å². The zero-order chi connectivity index (χ0) is 11.5. The van der Waals surface area contributed by atoms with Gasteiger partial charge in [-0.2, -0.15) is 0 Å². The highest BCUT2D eigenvalue weighted by Crippen LogP contribution is 2.43. The lowest BCUT2D eigenvalue weighted by Gasteiger charge is -2.30. The van der Waals surface area contributed by atoms with Crippen LogP contribution in [0.15, 0.2) is 11.6 Å². The molecule has 2 unspecified atom stereocenters. The molecule has 2 fully saturated rings. The Bertz CT molecular complexity index is 332. The fourth-order valence-electron chi connectivity index (χ4n) is 3.17. The molecule has 2 atom stereocenters. The van der Waals surface area contributed by atoms with Crippen molar-refractivity contribution in [2.45, 2.75) is 51.0 Å². The van der Waals surface area contributed by atoms with Crippen LogP contribution in [0.4, 0.5) is 0 Å². The molecule has 3 heteroatoms. The third-order valence-corrected chi connectivity index (χ3v) is 5.10. The number of nitrogens with one attached hydrogen (secondary N) is 1. The molecule has 0 aromatic carbocycles. The van der Waals surface area contributed by atoms with Gasteiger partial charge in [-0.1, -0.05) is 12.8 Å². The Kier molecular flexibility index (Phi) is 3.77. The van der Waals surface area contributed by atoms with Crippen LogP contribution >= 0.6 is 11.3 Å². The summed E-state index contributed by atoms with van der Waals surface area (Å²) < 4.78 is 0. The van der Waals surface area contributed by atoms with Crippen LogP contribution in [0.2, 0.25) is 0 Å². The van der Waals surface area contributed by atoms with Gasteiger partial charge in [0.05, 0.1) is 5.01 Å². The average molecular weight is 250 g/mol. The van der Waals surface area contributed by atoms with E-state index in [4.69, 9.17) is 0 Å². The summed E-state index contributed by atoms with van der Waals surface area (Å²) in [5.41, 5.74) is 0. The second-order valence-electron chi connectivity index (χ2n) is 5.59. The molecule has 2 saturated carbocycles. The molecule has 17 heavy (non-hydrogen) atoms. The van der Waals surface area contributed by atoms with Gasteiger partial charge in [-0.15, -0.1) is 11.3 Å². The molecule has 2 aliphatic carbocycles. The molecule has 1 N–H and O–H groups in total. The summed E-state index contributed by atoms with van der Waals surface area (Å²) in [7, 11) is 0. The van der Waals surface area contributed by atoms with Gasteiger partial charge in [0, 0.05) is 30.6 Å². The lowest BCUT2D eigenvalue weighted by atomic mass is 9.83. The maximum atomic E-state index is 4.33. The van der Waals surface area contributed by atoms with Crippen molar-refractivity contribution in [1.29, 1.82) is 0 Å². The first-order valence-electron chi connectivity index (χ1n) is 7.03. The monoisotopic (exact) mass is 250 g/mol. The van der Waals surface area contributed by atoms with Crippen molar-refractivity contribution in [2.75, 3.05) is 6.54 Å². The van der Waals surface area contributed by atoms with E-state index >= 15 is 0 Å². The highest BCUT2D eigenvalue weighted by Gasteiger charge is 2.34. The van der Waals surface area contributed by atoms with Gasteiger partial charge in [-0.3, -0.25) is 0 Å². The van der Waals surface area contributed by atoms with Gasteiger partial charge in [-0.25, -0.2) is 4.98 Å². The molecule has 0 amide bonds.